The number of fused-ring (bicyclic) bond motifs is 1. The van der Waals surface area contributed by atoms with E-state index in [1.165, 1.54) is 17.4 Å². The Kier molecular flexibility index (Phi) is 5.44. The number of nitrogens with zero attached hydrogens (tertiary/aromatic N) is 6. The van der Waals surface area contributed by atoms with Crippen LogP contribution >= 0.6 is 11.3 Å². The number of hydrogen-bond donors (Lipinski definition) is 1. The van der Waals surface area contributed by atoms with Gasteiger partial charge >= 0.3 is 0 Å². The van der Waals surface area contributed by atoms with Crippen LogP contribution in [0.4, 0.5) is 10.1 Å². The lowest BCUT2D eigenvalue weighted by atomic mass is 10.1. The van der Waals surface area contributed by atoms with Crippen LogP contribution in [0.3, 0.4) is 0 Å². The molecule has 1 aliphatic rings. The highest BCUT2D eigenvalue weighted by atomic mass is 32.1. The van der Waals surface area contributed by atoms with Crippen molar-refractivity contribution in [3.63, 3.8) is 0 Å². The second kappa shape index (κ2) is 8.54. The molecule has 10 heteroatoms. The first-order chi connectivity index (χ1) is 15.6. The van der Waals surface area contributed by atoms with Crippen molar-refractivity contribution in [2.45, 2.75) is 39.2 Å². The molecule has 1 amide bonds. The van der Waals surface area contributed by atoms with Gasteiger partial charge in [-0.2, -0.15) is 0 Å². The van der Waals surface area contributed by atoms with E-state index in [2.05, 4.69) is 35.0 Å². The smallest absolute Gasteiger partial charge is 0.267 e. The first kappa shape index (κ1) is 20.4. The minimum atomic E-state index is -0.522. The number of carbonyl (C=O) groups excluding carboxylic acids is 1. The molecular formula is C22H20FN7OS. The Morgan fingerprint density at radius 3 is 2.84 bits per heavy atom. The van der Waals surface area contributed by atoms with Gasteiger partial charge in [0.2, 0.25) is 0 Å². The molecule has 0 aliphatic carbocycles. The number of nitrogens with one attached hydrogen (secondary N) is 1. The first-order valence-corrected chi connectivity index (χ1v) is 11.2. The molecule has 0 saturated heterocycles. The lowest BCUT2D eigenvalue weighted by molar-refractivity contribution is 0.102. The van der Waals surface area contributed by atoms with Crippen LogP contribution in [0.15, 0.2) is 36.7 Å². The number of benzene rings is 1. The summed E-state index contributed by atoms with van der Waals surface area (Å²) in [5.74, 6) is 1.13. The summed E-state index contributed by atoms with van der Waals surface area (Å²) in [5.41, 5.74) is 1.33. The molecule has 1 N–H and O–H groups in total. The fourth-order valence-electron chi connectivity index (χ4n) is 3.75. The van der Waals surface area contributed by atoms with E-state index >= 15 is 0 Å². The molecule has 0 radical (unpaired) electrons. The summed E-state index contributed by atoms with van der Waals surface area (Å²) >= 11 is 1.17. The number of aromatic nitrogens is 6. The third-order valence-electron chi connectivity index (χ3n) is 5.34. The van der Waals surface area contributed by atoms with Gasteiger partial charge in [-0.25, -0.2) is 19.3 Å². The number of carbonyl (C=O) groups is 1. The number of rotatable bonds is 4. The van der Waals surface area contributed by atoms with E-state index < -0.39 is 11.7 Å². The zero-order chi connectivity index (χ0) is 22.1. The van der Waals surface area contributed by atoms with E-state index in [9.17, 15) is 9.18 Å². The van der Waals surface area contributed by atoms with Crippen molar-refractivity contribution in [1.82, 2.24) is 29.7 Å². The SMILES string of the molecule is Cc1nc(-c2ncccn2)sc1C(=O)Nc1cc(-c2nnc3n2CCCCC3)ccc1F. The highest BCUT2D eigenvalue weighted by Crippen LogP contribution is 2.29. The number of hydrogen-bond acceptors (Lipinski definition) is 7. The minimum Gasteiger partial charge on any atom is -0.319 e. The molecule has 5 rings (SSSR count). The van der Waals surface area contributed by atoms with Crippen LogP contribution in [0.5, 0.6) is 0 Å². The predicted octanol–water partition coefficient (Wildman–Crippen LogP) is 4.28. The van der Waals surface area contributed by atoms with Gasteiger partial charge in [-0.05, 0) is 44.0 Å². The van der Waals surface area contributed by atoms with E-state index in [1.807, 2.05) is 0 Å². The van der Waals surface area contributed by atoms with Crippen molar-refractivity contribution < 1.29 is 9.18 Å². The molecule has 0 spiro atoms. The Bertz CT molecular complexity index is 1280. The largest absolute Gasteiger partial charge is 0.319 e. The second-order valence-corrected chi connectivity index (χ2v) is 8.56. The van der Waals surface area contributed by atoms with Crippen LogP contribution < -0.4 is 5.32 Å². The van der Waals surface area contributed by atoms with E-state index in [-0.39, 0.29) is 5.69 Å². The van der Waals surface area contributed by atoms with E-state index in [0.29, 0.717) is 32.8 Å². The Hall–Kier alpha value is -3.53. The molecule has 4 aromatic rings. The van der Waals surface area contributed by atoms with Crippen molar-refractivity contribution in [3.8, 4) is 22.2 Å². The van der Waals surface area contributed by atoms with Crippen LogP contribution in [0.1, 0.15) is 40.5 Å². The van der Waals surface area contributed by atoms with Crippen molar-refractivity contribution >= 4 is 22.9 Å². The van der Waals surface area contributed by atoms with E-state index in [0.717, 1.165) is 38.1 Å². The van der Waals surface area contributed by atoms with Crippen LogP contribution in [0, 0.1) is 12.7 Å². The molecule has 0 saturated carbocycles. The van der Waals surface area contributed by atoms with Gasteiger partial charge in [0.05, 0.1) is 11.4 Å². The Labute approximate surface area is 187 Å². The lowest BCUT2D eigenvalue weighted by Gasteiger charge is -2.10. The zero-order valence-corrected chi connectivity index (χ0v) is 18.2. The van der Waals surface area contributed by atoms with E-state index in [1.54, 1.807) is 37.5 Å². The van der Waals surface area contributed by atoms with Gasteiger partial charge in [-0.15, -0.1) is 21.5 Å². The summed E-state index contributed by atoms with van der Waals surface area (Å²) in [6, 6.07) is 6.32. The third kappa shape index (κ3) is 3.89. The summed E-state index contributed by atoms with van der Waals surface area (Å²) in [4.78, 5) is 26.1. The van der Waals surface area contributed by atoms with Crippen molar-refractivity contribution in [1.29, 1.82) is 0 Å². The van der Waals surface area contributed by atoms with Gasteiger partial charge in [0.25, 0.3) is 5.91 Å². The van der Waals surface area contributed by atoms with Crippen LogP contribution in [0.2, 0.25) is 0 Å². The number of aryl methyl sites for hydroxylation is 2. The summed E-state index contributed by atoms with van der Waals surface area (Å²) < 4.78 is 16.7. The van der Waals surface area contributed by atoms with Gasteiger partial charge < -0.3 is 9.88 Å². The van der Waals surface area contributed by atoms with Gasteiger partial charge in [-0.3, -0.25) is 4.79 Å². The third-order valence-corrected chi connectivity index (χ3v) is 6.49. The van der Waals surface area contributed by atoms with Crippen LogP contribution in [-0.4, -0.2) is 35.6 Å². The summed E-state index contributed by atoms with van der Waals surface area (Å²) in [6.07, 6.45) is 7.41. The number of amides is 1. The quantitative estimate of drug-likeness (QED) is 0.499. The summed E-state index contributed by atoms with van der Waals surface area (Å²) in [5, 5.41) is 11.9. The highest BCUT2D eigenvalue weighted by Gasteiger charge is 2.21. The van der Waals surface area contributed by atoms with Gasteiger partial charge in [0.15, 0.2) is 16.7 Å². The molecule has 0 bridgehead atoms. The molecule has 3 aromatic heterocycles. The highest BCUT2D eigenvalue weighted by molar-refractivity contribution is 7.17. The van der Waals surface area contributed by atoms with Crippen molar-refractivity contribution in [2.24, 2.45) is 0 Å². The summed E-state index contributed by atoms with van der Waals surface area (Å²) in [6.45, 7) is 2.57. The zero-order valence-electron chi connectivity index (χ0n) is 17.4. The molecule has 1 aliphatic heterocycles. The Morgan fingerprint density at radius 1 is 1.16 bits per heavy atom. The fraction of sp³-hybridized carbons (Fsp3) is 0.273. The van der Waals surface area contributed by atoms with Gasteiger partial charge in [-0.1, -0.05) is 6.42 Å². The van der Waals surface area contributed by atoms with Crippen LogP contribution in [-0.2, 0) is 13.0 Å². The standard InChI is InChI=1S/C22H20FN7OS/c1-13-18(32-22(26-13)19-24-9-5-10-25-19)21(31)27-16-12-14(7-8-15(16)23)20-29-28-17-6-3-2-4-11-30(17)20/h5,7-10,12H,2-4,6,11H2,1H3,(H,27,31). The molecular weight excluding hydrogens is 429 g/mol. The molecule has 32 heavy (non-hydrogen) atoms. The molecule has 8 nitrogen and oxygen atoms in total. The normalized spacial score (nSPS) is 13.4. The maximum absolute atomic E-state index is 14.6. The minimum absolute atomic E-state index is 0.0868. The van der Waals surface area contributed by atoms with Gasteiger partial charge in [0, 0.05) is 30.9 Å². The Morgan fingerprint density at radius 2 is 2.00 bits per heavy atom. The molecule has 0 atom stereocenters. The molecule has 1 aromatic carbocycles. The first-order valence-electron chi connectivity index (χ1n) is 10.4. The van der Waals surface area contributed by atoms with Crippen molar-refractivity contribution in [3.05, 3.63) is 58.9 Å². The predicted molar refractivity (Wildman–Crippen MR) is 119 cm³/mol. The molecule has 4 heterocycles. The van der Waals surface area contributed by atoms with Crippen molar-refractivity contribution in [2.75, 3.05) is 5.32 Å². The monoisotopic (exact) mass is 449 g/mol. The Balaban J connectivity index is 1.43. The average molecular weight is 450 g/mol. The average Bonchev–Trinajstić information content (AvgIpc) is 3.31. The number of halogens is 1. The number of thiazole rings is 1. The topological polar surface area (TPSA) is 98.5 Å². The van der Waals surface area contributed by atoms with Gasteiger partial charge in [0.1, 0.15) is 16.5 Å². The van der Waals surface area contributed by atoms with Crippen LogP contribution in [0.25, 0.3) is 22.2 Å². The molecule has 162 valence electrons. The maximum Gasteiger partial charge on any atom is 0.267 e. The maximum atomic E-state index is 14.6. The molecule has 0 fully saturated rings. The summed E-state index contributed by atoms with van der Waals surface area (Å²) in [7, 11) is 0. The fourth-order valence-corrected chi connectivity index (χ4v) is 4.66. The van der Waals surface area contributed by atoms with E-state index in [4.69, 9.17) is 0 Å². The molecule has 0 unspecified atom stereocenters. The lowest BCUT2D eigenvalue weighted by Crippen LogP contribution is -2.13. The number of anilines is 1. The second-order valence-electron chi connectivity index (χ2n) is 7.56.